The van der Waals surface area contributed by atoms with E-state index in [2.05, 4.69) is 41.9 Å². The lowest BCUT2D eigenvalue weighted by Gasteiger charge is -2.29. The summed E-state index contributed by atoms with van der Waals surface area (Å²) in [7, 11) is -3.79. The Morgan fingerprint density at radius 1 is 1.10 bits per heavy atom. The maximum Gasteiger partial charge on any atom is 0.274 e. The normalized spacial score (nSPS) is 28.7. The van der Waals surface area contributed by atoms with Gasteiger partial charge in [-0.3, -0.25) is 19.1 Å². The summed E-state index contributed by atoms with van der Waals surface area (Å²) in [5.41, 5.74) is 0.568. The topological polar surface area (TPSA) is 136 Å². The molecule has 2 aromatic heterocycles. The fraction of sp³-hybridized carbons (Fsp3) is 0.595. The molecule has 50 heavy (non-hydrogen) atoms. The minimum atomic E-state index is -3.79. The number of fused-ring (bicyclic) bond motifs is 3. The summed E-state index contributed by atoms with van der Waals surface area (Å²) in [5, 5.41) is 2.92. The van der Waals surface area contributed by atoms with E-state index in [1.165, 1.54) is 11.3 Å². The molecule has 13 heteroatoms. The highest BCUT2D eigenvalue weighted by molar-refractivity contribution is 7.90. The van der Waals surface area contributed by atoms with Crippen molar-refractivity contribution in [3.63, 3.8) is 0 Å². The monoisotopic (exact) mass is 738 g/mol. The number of ketones is 1. The quantitative estimate of drug-likeness (QED) is 0.277. The first-order chi connectivity index (χ1) is 23.8. The van der Waals surface area contributed by atoms with Crippen molar-refractivity contribution in [1.29, 1.82) is 0 Å². The van der Waals surface area contributed by atoms with Crippen molar-refractivity contribution in [2.75, 3.05) is 6.54 Å². The van der Waals surface area contributed by atoms with Crippen LogP contribution in [0.25, 0.3) is 10.2 Å². The number of sulfonamides is 1. The van der Waals surface area contributed by atoms with Gasteiger partial charge >= 0.3 is 0 Å². The lowest BCUT2D eigenvalue weighted by molar-refractivity contribution is -0.142. The number of carbonyl (C=O) groups excluding carboxylic acids is 3. The average Bonchev–Trinajstić information content (AvgIpc) is 3.86. The molecule has 268 valence electrons. The van der Waals surface area contributed by atoms with Crippen LogP contribution in [-0.4, -0.2) is 64.8 Å². The number of benzene rings is 1. The molecule has 4 heterocycles. The summed E-state index contributed by atoms with van der Waals surface area (Å²) >= 11 is 3.01. The molecule has 7 rings (SSSR count). The van der Waals surface area contributed by atoms with Gasteiger partial charge < -0.3 is 9.64 Å². The number of rotatable bonds is 7. The Morgan fingerprint density at radius 3 is 2.64 bits per heavy atom. The van der Waals surface area contributed by atoms with Gasteiger partial charge in [-0.05, 0) is 56.6 Å². The number of carbonyl (C=O) groups is 3. The van der Waals surface area contributed by atoms with Crippen molar-refractivity contribution < 1.29 is 27.5 Å². The number of amides is 2. The fourth-order valence-corrected chi connectivity index (χ4v) is 10.7. The third-order valence-corrected chi connectivity index (χ3v) is 14.2. The number of ether oxygens (including phenoxy) is 1. The van der Waals surface area contributed by atoms with Crippen LogP contribution < -0.4 is 9.46 Å². The van der Waals surface area contributed by atoms with Gasteiger partial charge in [0, 0.05) is 36.0 Å². The Balaban J connectivity index is 1.18. The maximum absolute atomic E-state index is 14.6. The Bertz CT molecular complexity index is 1870. The molecule has 0 radical (unpaired) electrons. The molecule has 10 nitrogen and oxygen atoms in total. The molecule has 2 amide bonds. The van der Waals surface area contributed by atoms with Gasteiger partial charge in [0.15, 0.2) is 5.78 Å². The minimum Gasteiger partial charge on any atom is -0.465 e. The summed E-state index contributed by atoms with van der Waals surface area (Å²) in [4.78, 5) is 54.0. The van der Waals surface area contributed by atoms with Crippen LogP contribution in [0, 0.1) is 17.3 Å². The second kappa shape index (κ2) is 13.8. The Hall–Kier alpha value is -3.16. The van der Waals surface area contributed by atoms with E-state index in [-0.39, 0.29) is 48.3 Å². The van der Waals surface area contributed by atoms with Crippen molar-refractivity contribution in [3.05, 3.63) is 52.5 Å². The van der Waals surface area contributed by atoms with Gasteiger partial charge in [-0.25, -0.2) is 18.4 Å². The minimum absolute atomic E-state index is 0.0959. The van der Waals surface area contributed by atoms with Crippen molar-refractivity contribution in [3.8, 4) is 5.19 Å². The van der Waals surface area contributed by atoms with Gasteiger partial charge in [-0.1, -0.05) is 69.2 Å². The molecular formula is C37H46N4O6S3. The number of para-hydroxylation sites is 1. The highest BCUT2D eigenvalue weighted by Gasteiger charge is 2.61. The summed E-state index contributed by atoms with van der Waals surface area (Å²) in [6.45, 7) is 6.60. The molecule has 3 aromatic rings. The number of aromatic nitrogens is 2. The predicted octanol–water partition coefficient (Wildman–Crippen LogP) is 6.35. The zero-order valence-corrected chi connectivity index (χ0v) is 31.4. The number of hydrogen-bond acceptors (Lipinski definition) is 10. The van der Waals surface area contributed by atoms with E-state index in [1.807, 2.05) is 30.3 Å². The molecule has 0 unspecified atom stereocenters. The first-order valence-corrected chi connectivity index (χ1v) is 21.1. The molecule has 2 aliphatic heterocycles. The van der Waals surface area contributed by atoms with Crippen molar-refractivity contribution >= 4 is 60.5 Å². The van der Waals surface area contributed by atoms with Crippen LogP contribution in [0.3, 0.4) is 0 Å². The zero-order valence-electron chi connectivity index (χ0n) is 28.9. The summed E-state index contributed by atoms with van der Waals surface area (Å²) in [6.07, 6.45) is 9.95. The first-order valence-electron chi connectivity index (χ1n) is 17.9. The van der Waals surface area contributed by atoms with Crippen LogP contribution in [0.4, 0.5) is 0 Å². The highest BCUT2D eigenvalue weighted by atomic mass is 32.2. The van der Waals surface area contributed by atoms with Crippen molar-refractivity contribution in [1.82, 2.24) is 19.6 Å². The van der Waals surface area contributed by atoms with Crippen LogP contribution in [0.5, 0.6) is 5.19 Å². The molecule has 2 saturated carbocycles. The molecule has 0 bridgehead atoms. The molecule has 1 saturated heterocycles. The van der Waals surface area contributed by atoms with Gasteiger partial charge in [0.2, 0.25) is 21.8 Å². The molecule has 3 fully saturated rings. The molecular weight excluding hydrogens is 693 g/mol. The van der Waals surface area contributed by atoms with Gasteiger partial charge in [-0.15, -0.1) is 11.3 Å². The number of Topliss-reactive ketones (excluding diaryl/α,β-unsaturated/α-hetero) is 1. The van der Waals surface area contributed by atoms with Gasteiger partial charge in [0.25, 0.3) is 5.19 Å². The van der Waals surface area contributed by atoms with Crippen LogP contribution in [0.1, 0.15) is 95.7 Å². The van der Waals surface area contributed by atoms with Crippen molar-refractivity contribution in [2.45, 2.75) is 114 Å². The molecule has 1 N–H and O–H groups in total. The van der Waals surface area contributed by atoms with Gasteiger partial charge in [0.1, 0.15) is 6.10 Å². The largest absolute Gasteiger partial charge is 0.465 e. The molecule has 5 atom stereocenters. The van der Waals surface area contributed by atoms with Crippen LogP contribution in [0.15, 0.2) is 41.8 Å². The zero-order chi connectivity index (χ0) is 35.3. The maximum atomic E-state index is 14.6. The van der Waals surface area contributed by atoms with Crippen LogP contribution >= 0.6 is 22.7 Å². The summed E-state index contributed by atoms with van der Waals surface area (Å²) in [6, 6.07) is 6.97. The van der Waals surface area contributed by atoms with Gasteiger partial charge in [-0.2, -0.15) is 0 Å². The highest BCUT2D eigenvalue weighted by Crippen LogP contribution is 2.57. The number of thiazole rings is 2. The Labute approximate surface area is 302 Å². The van der Waals surface area contributed by atoms with Crippen LogP contribution in [0.2, 0.25) is 0 Å². The number of nitrogens with one attached hydrogen (secondary N) is 1. The van der Waals surface area contributed by atoms with E-state index in [4.69, 9.17) is 9.72 Å². The smallest absolute Gasteiger partial charge is 0.274 e. The SMILES string of the molecule is CC(C)(C)c1csc(C[C@H]2CCCCC/C=C\[C@@H]3C[C@@]3(C(=O)NS(=O)(=O)C3CC3)CC(=O)[C@@H]3C[C@@H](Oc4nc5ccccc5s4)CN3C2=O)n1. The first kappa shape index (κ1) is 35.3. The number of allylic oxidation sites excluding steroid dienone is 2. The second-order valence-electron chi connectivity index (χ2n) is 15.6. The molecule has 1 aromatic carbocycles. The molecule has 2 aliphatic carbocycles. The van der Waals surface area contributed by atoms with E-state index in [0.29, 0.717) is 37.3 Å². The Kier molecular flexibility index (Phi) is 9.70. The van der Waals surface area contributed by atoms with E-state index in [9.17, 15) is 22.8 Å². The molecule has 4 aliphatic rings. The fourth-order valence-electron chi connectivity index (χ4n) is 7.32. The standard InChI is InChI=1S/C37H46N4O6S3/c1-36(2,3)31-22-48-32(39-31)17-23-11-7-5-4-6-8-12-24-19-37(24,34(44)40-50(45,46)26-15-16-26)20-29(42)28-18-25(21-41(28)33(23)43)47-35-38-27-13-9-10-14-30(27)49-35/h8-10,12-14,22-26,28H,4-7,11,15-21H2,1-3H3,(H,40,44)/b12-8-/t23-,24-,25-,28+,37-/m1/s1. The Morgan fingerprint density at radius 2 is 1.90 bits per heavy atom. The number of nitrogens with zero attached hydrogens (tertiary/aromatic N) is 3. The van der Waals surface area contributed by atoms with E-state index in [1.54, 1.807) is 16.2 Å². The van der Waals surface area contributed by atoms with Crippen molar-refractivity contribution in [2.24, 2.45) is 17.3 Å². The lowest BCUT2D eigenvalue weighted by Crippen LogP contribution is -2.46. The third kappa shape index (κ3) is 7.55. The summed E-state index contributed by atoms with van der Waals surface area (Å²) < 4.78 is 35.4. The average molecular weight is 739 g/mol. The van der Waals surface area contributed by atoms with E-state index >= 15 is 0 Å². The van der Waals surface area contributed by atoms with E-state index < -0.39 is 38.7 Å². The molecule has 0 spiro atoms. The summed E-state index contributed by atoms with van der Waals surface area (Å²) in [5.74, 6) is -1.53. The van der Waals surface area contributed by atoms with Gasteiger partial charge in [0.05, 0.1) is 44.2 Å². The van der Waals surface area contributed by atoms with Crippen LogP contribution in [-0.2, 0) is 36.2 Å². The second-order valence-corrected chi connectivity index (χ2v) is 19.5. The predicted molar refractivity (Wildman–Crippen MR) is 195 cm³/mol. The third-order valence-electron chi connectivity index (χ3n) is 10.6. The van der Waals surface area contributed by atoms with E-state index in [0.717, 1.165) is 46.6 Å². The lowest BCUT2D eigenvalue weighted by atomic mass is 9.90. The number of hydrogen-bond donors (Lipinski definition) is 1.